The summed E-state index contributed by atoms with van der Waals surface area (Å²) < 4.78 is 17.7. The van der Waals surface area contributed by atoms with Crippen LogP contribution in [-0.2, 0) is 20.1 Å². The summed E-state index contributed by atoms with van der Waals surface area (Å²) in [5, 5.41) is 2.88. The summed E-state index contributed by atoms with van der Waals surface area (Å²) in [6, 6.07) is 19.6. The Labute approximate surface area is 180 Å². The molecule has 5 nitrogen and oxygen atoms in total. The zero-order chi connectivity index (χ0) is 20.6. The van der Waals surface area contributed by atoms with Crippen molar-refractivity contribution < 1.29 is 19.0 Å². The number of ether oxygens (including phenoxy) is 3. The molecule has 0 aromatic heterocycles. The van der Waals surface area contributed by atoms with E-state index in [1.54, 1.807) is 17.0 Å². The van der Waals surface area contributed by atoms with E-state index in [-0.39, 0.29) is 5.91 Å². The maximum Gasteiger partial charge on any atom is 0.292 e. The standard InChI is InChI=1S/C24H22ClNO4/c25-19-8-10-22-21(16-19)24(29-13-4-14-30-24)23(27)26(22)11-3-12-28-20-9-7-17-5-1-2-6-18(17)15-20/h1-2,5-10,15-16H,3-4,11-14H2. The summed E-state index contributed by atoms with van der Waals surface area (Å²) in [6.07, 6.45) is 1.45. The first-order chi connectivity index (χ1) is 14.7. The van der Waals surface area contributed by atoms with E-state index in [0.717, 1.165) is 23.2 Å². The van der Waals surface area contributed by atoms with E-state index >= 15 is 0 Å². The van der Waals surface area contributed by atoms with E-state index < -0.39 is 5.79 Å². The predicted molar refractivity (Wildman–Crippen MR) is 116 cm³/mol. The Morgan fingerprint density at radius 1 is 1.00 bits per heavy atom. The van der Waals surface area contributed by atoms with E-state index in [0.29, 0.717) is 43.4 Å². The van der Waals surface area contributed by atoms with E-state index in [1.165, 1.54) is 5.39 Å². The fourth-order valence-corrected chi connectivity index (χ4v) is 4.28. The molecule has 0 atom stereocenters. The summed E-state index contributed by atoms with van der Waals surface area (Å²) in [6.45, 7) is 1.97. The smallest absolute Gasteiger partial charge is 0.292 e. The predicted octanol–water partition coefficient (Wildman–Crippen LogP) is 4.90. The monoisotopic (exact) mass is 423 g/mol. The minimum Gasteiger partial charge on any atom is -0.494 e. The highest BCUT2D eigenvalue weighted by atomic mass is 35.5. The zero-order valence-electron chi connectivity index (χ0n) is 16.5. The molecule has 0 saturated carbocycles. The molecule has 3 aromatic carbocycles. The molecule has 6 heteroatoms. The van der Waals surface area contributed by atoms with Gasteiger partial charge in [0.1, 0.15) is 5.75 Å². The van der Waals surface area contributed by atoms with Gasteiger partial charge in [-0.25, -0.2) is 0 Å². The van der Waals surface area contributed by atoms with Gasteiger partial charge in [-0.15, -0.1) is 0 Å². The molecule has 0 bridgehead atoms. The molecule has 3 aromatic rings. The molecular weight excluding hydrogens is 402 g/mol. The topological polar surface area (TPSA) is 48.0 Å². The number of hydrogen-bond donors (Lipinski definition) is 0. The van der Waals surface area contributed by atoms with Crippen LogP contribution in [0.3, 0.4) is 0 Å². The van der Waals surface area contributed by atoms with Gasteiger partial charge < -0.3 is 19.1 Å². The Balaban J connectivity index is 1.28. The van der Waals surface area contributed by atoms with Crippen LogP contribution in [0.15, 0.2) is 60.7 Å². The lowest BCUT2D eigenvalue weighted by molar-refractivity contribution is -0.256. The van der Waals surface area contributed by atoms with Crippen molar-refractivity contribution in [3.05, 3.63) is 71.2 Å². The number of carbonyl (C=O) groups excluding carboxylic acids is 1. The molecule has 1 saturated heterocycles. The maximum absolute atomic E-state index is 13.3. The largest absolute Gasteiger partial charge is 0.494 e. The van der Waals surface area contributed by atoms with E-state index in [2.05, 4.69) is 18.2 Å². The van der Waals surface area contributed by atoms with Gasteiger partial charge in [0.05, 0.1) is 25.5 Å². The second-order valence-corrected chi connectivity index (χ2v) is 7.93. The first-order valence-corrected chi connectivity index (χ1v) is 10.6. The van der Waals surface area contributed by atoms with Gasteiger partial charge in [0.2, 0.25) is 0 Å². The van der Waals surface area contributed by atoms with Crippen molar-refractivity contribution in [3.8, 4) is 5.75 Å². The van der Waals surface area contributed by atoms with Crippen LogP contribution in [0.2, 0.25) is 5.02 Å². The van der Waals surface area contributed by atoms with Crippen LogP contribution in [0, 0.1) is 0 Å². The summed E-state index contributed by atoms with van der Waals surface area (Å²) in [4.78, 5) is 15.0. The van der Waals surface area contributed by atoms with Crippen molar-refractivity contribution in [2.45, 2.75) is 18.6 Å². The third-order valence-electron chi connectivity index (χ3n) is 5.55. The number of halogens is 1. The number of anilines is 1. The second-order valence-electron chi connectivity index (χ2n) is 7.50. The molecule has 2 aliphatic rings. The van der Waals surface area contributed by atoms with Crippen LogP contribution < -0.4 is 9.64 Å². The highest BCUT2D eigenvalue weighted by Crippen LogP contribution is 2.46. The Hall–Kier alpha value is -2.60. The summed E-state index contributed by atoms with van der Waals surface area (Å²) in [7, 11) is 0. The van der Waals surface area contributed by atoms with Crippen molar-refractivity contribution in [2.24, 2.45) is 0 Å². The second kappa shape index (κ2) is 7.91. The van der Waals surface area contributed by atoms with Gasteiger partial charge in [-0.05, 0) is 53.9 Å². The summed E-state index contributed by atoms with van der Waals surface area (Å²) in [5.74, 6) is -0.730. The number of hydrogen-bond acceptors (Lipinski definition) is 4. The van der Waals surface area contributed by atoms with Gasteiger partial charge in [-0.3, -0.25) is 4.79 Å². The number of rotatable bonds is 5. The van der Waals surface area contributed by atoms with Gasteiger partial charge in [-0.2, -0.15) is 0 Å². The Morgan fingerprint density at radius 3 is 2.63 bits per heavy atom. The Bertz CT molecular complexity index is 1090. The Kier molecular flexibility index (Phi) is 5.11. The first kappa shape index (κ1) is 19.4. The molecule has 0 aliphatic carbocycles. The minimum absolute atomic E-state index is 0.190. The first-order valence-electron chi connectivity index (χ1n) is 10.2. The van der Waals surface area contributed by atoms with E-state index in [9.17, 15) is 4.79 Å². The SMILES string of the molecule is O=C1N(CCCOc2ccc3ccccc3c2)c2ccc(Cl)cc2C12OCCCO2. The fraction of sp³-hybridized carbons (Fsp3) is 0.292. The molecule has 0 unspecified atom stereocenters. The van der Waals surface area contributed by atoms with E-state index in [4.69, 9.17) is 25.8 Å². The van der Waals surface area contributed by atoms with Crippen molar-refractivity contribution in [1.82, 2.24) is 0 Å². The molecule has 0 N–H and O–H groups in total. The number of nitrogens with zero attached hydrogens (tertiary/aromatic N) is 1. The van der Waals surface area contributed by atoms with Crippen molar-refractivity contribution in [2.75, 3.05) is 31.3 Å². The van der Waals surface area contributed by atoms with Crippen LogP contribution in [-0.4, -0.2) is 32.3 Å². The summed E-state index contributed by atoms with van der Waals surface area (Å²) in [5.41, 5.74) is 1.48. The van der Waals surface area contributed by atoms with Crippen molar-refractivity contribution >= 4 is 34.0 Å². The fourth-order valence-electron chi connectivity index (χ4n) is 4.11. The Morgan fingerprint density at radius 2 is 1.80 bits per heavy atom. The van der Waals surface area contributed by atoms with Crippen molar-refractivity contribution in [1.29, 1.82) is 0 Å². The molecule has 2 heterocycles. The van der Waals surface area contributed by atoms with Crippen molar-refractivity contribution in [3.63, 3.8) is 0 Å². The average Bonchev–Trinajstić information content (AvgIpc) is 2.99. The third-order valence-corrected chi connectivity index (χ3v) is 5.78. The molecule has 0 radical (unpaired) electrons. The minimum atomic E-state index is -1.36. The van der Waals surface area contributed by atoms with Gasteiger partial charge >= 0.3 is 0 Å². The van der Waals surface area contributed by atoms with Crippen LogP contribution in [0.1, 0.15) is 18.4 Å². The highest BCUT2D eigenvalue weighted by molar-refractivity contribution is 6.31. The van der Waals surface area contributed by atoms with E-state index in [1.807, 2.05) is 30.3 Å². The van der Waals surface area contributed by atoms with Gasteiger partial charge in [0, 0.05) is 17.1 Å². The van der Waals surface area contributed by atoms with Crippen LogP contribution in [0.5, 0.6) is 5.75 Å². The molecule has 154 valence electrons. The normalized spacial score (nSPS) is 17.5. The lowest BCUT2D eigenvalue weighted by Crippen LogP contribution is -2.47. The summed E-state index contributed by atoms with van der Waals surface area (Å²) >= 11 is 6.20. The number of fused-ring (bicyclic) bond motifs is 3. The molecule has 30 heavy (non-hydrogen) atoms. The number of carbonyl (C=O) groups is 1. The number of amides is 1. The highest BCUT2D eigenvalue weighted by Gasteiger charge is 2.54. The van der Waals surface area contributed by atoms with Crippen LogP contribution >= 0.6 is 11.6 Å². The lowest BCUT2D eigenvalue weighted by Gasteiger charge is -2.32. The average molecular weight is 424 g/mol. The quantitative estimate of drug-likeness (QED) is 0.548. The van der Waals surface area contributed by atoms with Gasteiger partial charge in [0.25, 0.3) is 11.7 Å². The maximum atomic E-state index is 13.3. The van der Waals surface area contributed by atoms with Crippen LogP contribution in [0.4, 0.5) is 5.69 Å². The molecular formula is C24H22ClNO4. The molecule has 1 amide bonds. The molecule has 2 aliphatic heterocycles. The van der Waals surface area contributed by atoms with Gasteiger partial charge in [-0.1, -0.05) is 41.9 Å². The van der Waals surface area contributed by atoms with Crippen LogP contribution in [0.25, 0.3) is 10.8 Å². The molecule has 1 fully saturated rings. The lowest BCUT2D eigenvalue weighted by atomic mass is 10.1. The van der Waals surface area contributed by atoms with Gasteiger partial charge in [0.15, 0.2) is 0 Å². The third kappa shape index (κ3) is 3.33. The molecule has 1 spiro atoms. The number of benzene rings is 3. The molecule has 5 rings (SSSR count). The zero-order valence-corrected chi connectivity index (χ0v) is 17.2.